The summed E-state index contributed by atoms with van der Waals surface area (Å²) in [6.07, 6.45) is 3.19. The smallest absolute Gasteiger partial charge is 0.259 e. The van der Waals surface area contributed by atoms with E-state index in [1.54, 1.807) is 6.07 Å². The molecule has 0 unspecified atom stereocenters. The number of phenolic OH excluding ortho intramolecular Hbond substituents is 1. The van der Waals surface area contributed by atoms with Gasteiger partial charge in [0.15, 0.2) is 0 Å². The van der Waals surface area contributed by atoms with Crippen molar-refractivity contribution < 1.29 is 23.1 Å². The maximum atomic E-state index is 12.8. The van der Waals surface area contributed by atoms with Crippen molar-refractivity contribution in [3.8, 4) is 5.75 Å². The topological polar surface area (TPSA) is 129 Å². The van der Waals surface area contributed by atoms with Crippen molar-refractivity contribution in [1.82, 2.24) is 9.29 Å². The Morgan fingerprint density at radius 3 is 2.44 bits per heavy atom. The first-order valence-electron chi connectivity index (χ1n) is 9.26. The van der Waals surface area contributed by atoms with Crippen LogP contribution < -0.4 is 10.6 Å². The molecule has 12 heteroatoms. The SMILES string of the molecule is C.CS(=O)(=O)N1CCC(C(=O)Nc2c(O)cc(Br)cc2C(=O)Nc2ccc(Cl)cn2)CC1. The molecule has 1 fully saturated rings. The third kappa shape index (κ3) is 6.41. The lowest BCUT2D eigenvalue weighted by molar-refractivity contribution is -0.120. The van der Waals surface area contributed by atoms with Crippen LogP contribution in [-0.4, -0.2) is 54.0 Å². The normalized spacial score (nSPS) is 15.0. The van der Waals surface area contributed by atoms with Gasteiger partial charge in [0.2, 0.25) is 15.9 Å². The predicted molar refractivity (Wildman–Crippen MR) is 128 cm³/mol. The number of rotatable bonds is 5. The number of benzene rings is 1. The Hall–Kier alpha value is -2.21. The highest BCUT2D eigenvalue weighted by atomic mass is 79.9. The van der Waals surface area contributed by atoms with Crippen LogP contribution in [0.1, 0.15) is 30.6 Å². The average molecular weight is 548 g/mol. The second-order valence-corrected chi connectivity index (χ2v) is 10.4. The summed E-state index contributed by atoms with van der Waals surface area (Å²) in [4.78, 5) is 29.6. The van der Waals surface area contributed by atoms with Gasteiger partial charge in [-0.1, -0.05) is 35.0 Å². The van der Waals surface area contributed by atoms with Crippen LogP contribution in [0.5, 0.6) is 5.75 Å². The molecule has 2 heterocycles. The zero-order valence-corrected chi connectivity index (χ0v) is 19.6. The number of nitrogens with one attached hydrogen (secondary N) is 2. The van der Waals surface area contributed by atoms with Gasteiger partial charge in [0.1, 0.15) is 11.6 Å². The number of piperidine rings is 1. The molecule has 1 saturated heterocycles. The largest absolute Gasteiger partial charge is 0.506 e. The van der Waals surface area contributed by atoms with E-state index in [-0.39, 0.29) is 43.3 Å². The van der Waals surface area contributed by atoms with E-state index in [2.05, 4.69) is 31.5 Å². The fraction of sp³-hybridized carbons (Fsp3) is 0.350. The molecule has 3 rings (SSSR count). The number of aromatic hydroxyl groups is 1. The van der Waals surface area contributed by atoms with Crippen LogP contribution in [0.25, 0.3) is 0 Å². The monoisotopic (exact) mass is 546 g/mol. The van der Waals surface area contributed by atoms with Crippen LogP contribution in [0.3, 0.4) is 0 Å². The zero-order chi connectivity index (χ0) is 22.8. The molecule has 3 N–H and O–H groups in total. The highest BCUT2D eigenvalue weighted by Crippen LogP contribution is 2.33. The Morgan fingerprint density at radius 1 is 1.22 bits per heavy atom. The molecule has 1 aromatic carbocycles. The number of sulfonamides is 1. The molecule has 174 valence electrons. The standard InChI is InChI=1S/C19H20BrClN4O5S.CH4/c1-31(29,30)25-6-4-11(5-7-25)18(27)24-17-14(8-12(20)9-15(17)26)19(28)23-16-3-2-13(21)10-22-16;/h2-3,8-11,26H,4-7H2,1H3,(H,24,27)(H,22,23,28);1H4. The summed E-state index contributed by atoms with van der Waals surface area (Å²) in [5.74, 6) is -1.47. The van der Waals surface area contributed by atoms with Gasteiger partial charge in [0.05, 0.1) is 22.5 Å². The van der Waals surface area contributed by atoms with Crippen LogP contribution in [0.15, 0.2) is 34.9 Å². The number of halogens is 2. The Kier molecular flexibility index (Phi) is 8.63. The molecule has 0 radical (unpaired) electrons. The van der Waals surface area contributed by atoms with Gasteiger partial charge < -0.3 is 15.7 Å². The second kappa shape index (κ2) is 10.6. The summed E-state index contributed by atoms with van der Waals surface area (Å²) in [6, 6.07) is 5.91. The second-order valence-electron chi connectivity index (χ2n) is 7.09. The van der Waals surface area contributed by atoms with Crippen LogP contribution >= 0.6 is 27.5 Å². The number of nitrogens with zero attached hydrogens (tertiary/aromatic N) is 2. The van der Waals surface area contributed by atoms with Gasteiger partial charge in [-0.2, -0.15) is 0 Å². The van der Waals surface area contributed by atoms with E-state index in [0.717, 1.165) is 6.26 Å². The van der Waals surface area contributed by atoms with Crippen molar-refractivity contribution in [1.29, 1.82) is 0 Å². The third-order valence-electron chi connectivity index (χ3n) is 4.84. The van der Waals surface area contributed by atoms with E-state index < -0.39 is 27.8 Å². The number of carbonyl (C=O) groups excluding carboxylic acids is 2. The summed E-state index contributed by atoms with van der Waals surface area (Å²) in [5, 5.41) is 16.0. The summed E-state index contributed by atoms with van der Waals surface area (Å²) in [5.41, 5.74) is -0.00393. The minimum Gasteiger partial charge on any atom is -0.506 e. The van der Waals surface area contributed by atoms with Crippen molar-refractivity contribution >= 4 is 60.9 Å². The molecule has 0 spiro atoms. The van der Waals surface area contributed by atoms with Crippen LogP contribution in [-0.2, 0) is 14.8 Å². The van der Waals surface area contributed by atoms with Crippen LogP contribution in [0, 0.1) is 5.92 Å². The highest BCUT2D eigenvalue weighted by molar-refractivity contribution is 9.10. The first kappa shape index (κ1) is 26.0. The Bertz CT molecular complexity index is 1100. The number of aromatic nitrogens is 1. The van der Waals surface area contributed by atoms with Crippen LogP contribution in [0.4, 0.5) is 11.5 Å². The van der Waals surface area contributed by atoms with Gasteiger partial charge in [0, 0.05) is 29.7 Å². The van der Waals surface area contributed by atoms with E-state index in [1.165, 1.54) is 28.7 Å². The third-order valence-corrected chi connectivity index (χ3v) is 6.82. The van der Waals surface area contributed by atoms with E-state index in [1.807, 2.05) is 0 Å². The number of anilines is 2. The predicted octanol–water partition coefficient (Wildman–Crippen LogP) is 3.70. The van der Waals surface area contributed by atoms with Gasteiger partial charge in [0.25, 0.3) is 5.91 Å². The molecule has 0 bridgehead atoms. The zero-order valence-electron chi connectivity index (χ0n) is 16.4. The molecule has 2 aromatic rings. The Morgan fingerprint density at radius 2 is 1.88 bits per heavy atom. The van der Waals surface area contributed by atoms with Crippen molar-refractivity contribution in [2.45, 2.75) is 20.3 Å². The maximum absolute atomic E-state index is 12.8. The van der Waals surface area contributed by atoms with Gasteiger partial charge in [-0.15, -0.1) is 0 Å². The van der Waals surface area contributed by atoms with Crippen LogP contribution in [0.2, 0.25) is 5.02 Å². The number of amides is 2. The first-order valence-corrected chi connectivity index (χ1v) is 12.3. The minimum atomic E-state index is -3.31. The summed E-state index contributed by atoms with van der Waals surface area (Å²) in [7, 11) is -3.31. The first-order chi connectivity index (χ1) is 14.5. The molecular weight excluding hydrogens is 524 g/mol. The van der Waals surface area contributed by atoms with Crippen molar-refractivity contribution in [2.24, 2.45) is 5.92 Å². The van der Waals surface area contributed by atoms with E-state index in [4.69, 9.17) is 11.6 Å². The Balaban J connectivity index is 0.00000363. The molecule has 0 aliphatic carbocycles. The molecule has 0 saturated carbocycles. The van der Waals surface area contributed by atoms with Gasteiger partial charge in [-0.05, 0) is 37.1 Å². The van der Waals surface area contributed by atoms with Gasteiger partial charge in [-0.3, -0.25) is 9.59 Å². The fourth-order valence-corrected chi connectivity index (χ4v) is 4.64. The summed E-state index contributed by atoms with van der Waals surface area (Å²) < 4.78 is 25.1. The average Bonchev–Trinajstić information content (AvgIpc) is 2.70. The number of phenols is 1. The van der Waals surface area contributed by atoms with Crippen molar-refractivity contribution in [2.75, 3.05) is 30.0 Å². The fourth-order valence-electron chi connectivity index (χ4n) is 3.21. The van der Waals surface area contributed by atoms with Gasteiger partial charge in [-0.25, -0.2) is 17.7 Å². The van der Waals surface area contributed by atoms with E-state index in [0.29, 0.717) is 22.3 Å². The molecule has 1 aliphatic heterocycles. The van der Waals surface area contributed by atoms with E-state index >= 15 is 0 Å². The summed E-state index contributed by atoms with van der Waals surface area (Å²) in [6.45, 7) is 0.470. The van der Waals surface area contributed by atoms with E-state index in [9.17, 15) is 23.1 Å². The quantitative estimate of drug-likeness (QED) is 0.490. The lowest BCUT2D eigenvalue weighted by atomic mass is 9.97. The molecule has 1 aliphatic rings. The number of hydrogen-bond donors (Lipinski definition) is 3. The molecule has 0 atom stereocenters. The molecule has 9 nitrogen and oxygen atoms in total. The minimum absolute atomic E-state index is 0. The lowest BCUT2D eigenvalue weighted by Crippen LogP contribution is -2.41. The molecule has 1 aromatic heterocycles. The van der Waals surface area contributed by atoms with Crippen molar-refractivity contribution in [3.05, 3.63) is 45.5 Å². The molecule has 32 heavy (non-hydrogen) atoms. The van der Waals surface area contributed by atoms with Crippen molar-refractivity contribution in [3.63, 3.8) is 0 Å². The molecular formula is C20H24BrClN4O5S. The number of hydrogen-bond acceptors (Lipinski definition) is 6. The number of carbonyl (C=O) groups is 2. The lowest BCUT2D eigenvalue weighted by Gasteiger charge is -2.29. The maximum Gasteiger partial charge on any atom is 0.259 e. The Labute approximate surface area is 200 Å². The number of pyridine rings is 1. The highest BCUT2D eigenvalue weighted by Gasteiger charge is 2.30. The van der Waals surface area contributed by atoms with Gasteiger partial charge >= 0.3 is 0 Å². The summed E-state index contributed by atoms with van der Waals surface area (Å²) >= 11 is 9.03. The molecule has 2 amide bonds.